The van der Waals surface area contributed by atoms with Gasteiger partial charge in [0.25, 0.3) is 0 Å². The second kappa shape index (κ2) is 5.51. The molecule has 0 bridgehead atoms. The maximum absolute atomic E-state index is 12.2. The van der Waals surface area contributed by atoms with Gasteiger partial charge in [-0.3, -0.25) is 4.79 Å². The summed E-state index contributed by atoms with van der Waals surface area (Å²) in [6, 6.07) is 5.99. The second-order valence-electron chi connectivity index (χ2n) is 5.29. The van der Waals surface area contributed by atoms with Crippen molar-refractivity contribution < 1.29 is 4.79 Å². The molecule has 0 aliphatic carbocycles. The molecule has 0 aromatic heterocycles. The Bertz CT molecular complexity index is 472. The van der Waals surface area contributed by atoms with E-state index in [-0.39, 0.29) is 18.0 Å². The van der Waals surface area contributed by atoms with E-state index in [1.54, 1.807) is 0 Å². The van der Waals surface area contributed by atoms with Crippen molar-refractivity contribution in [3.05, 3.63) is 23.8 Å². The summed E-state index contributed by atoms with van der Waals surface area (Å²) in [6.07, 6.45) is 1.90. The Labute approximate surface area is 115 Å². The minimum atomic E-state index is -0.181. The average molecular weight is 261 g/mol. The smallest absolute Gasteiger partial charge is 0.242 e. The highest BCUT2D eigenvalue weighted by atomic mass is 16.2. The summed E-state index contributed by atoms with van der Waals surface area (Å²) in [7, 11) is 0. The maximum atomic E-state index is 12.2. The molecule has 1 aromatic rings. The van der Waals surface area contributed by atoms with Crippen molar-refractivity contribution in [2.24, 2.45) is 0 Å². The van der Waals surface area contributed by atoms with Crippen LogP contribution in [0.25, 0.3) is 0 Å². The molecule has 1 aromatic carbocycles. The van der Waals surface area contributed by atoms with Gasteiger partial charge in [-0.25, -0.2) is 0 Å². The number of nitrogens with two attached hydrogens (primary N) is 1. The van der Waals surface area contributed by atoms with E-state index in [2.05, 4.69) is 23.2 Å². The fraction of sp³-hybridized carbons (Fsp3) is 0.533. The largest absolute Gasteiger partial charge is 0.397 e. The number of benzene rings is 1. The molecule has 0 saturated carbocycles. The summed E-state index contributed by atoms with van der Waals surface area (Å²) in [6.45, 7) is 6.90. The van der Waals surface area contributed by atoms with Crippen LogP contribution in [0.3, 0.4) is 0 Å². The Morgan fingerprint density at radius 3 is 2.89 bits per heavy atom. The molecule has 1 amide bonds. The molecule has 4 nitrogen and oxygen atoms in total. The van der Waals surface area contributed by atoms with Crippen LogP contribution in [0.15, 0.2) is 18.2 Å². The number of nitrogens with one attached hydrogen (secondary N) is 1. The topological polar surface area (TPSA) is 58.4 Å². The molecule has 1 heterocycles. The maximum Gasteiger partial charge on any atom is 0.242 e. The number of nitrogen functional groups attached to an aromatic ring is 1. The van der Waals surface area contributed by atoms with Crippen LogP contribution in [-0.4, -0.2) is 24.5 Å². The van der Waals surface area contributed by atoms with Gasteiger partial charge in [0.2, 0.25) is 5.91 Å². The van der Waals surface area contributed by atoms with Crippen LogP contribution < -0.4 is 16.0 Å². The van der Waals surface area contributed by atoms with Gasteiger partial charge >= 0.3 is 0 Å². The van der Waals surface area contributed by atoms with E-state index < -0.39 is 0 Å². The van der Waals surface area contributed by atoms with E-state index in [9.17, 15) is 4.79 Å². The number of nitrogens with zero attached hydrogens (tertiary/aromatic N) is 1. The molecule has 4 heteroatoms. The predicted octanol–water partition coefficient (Wildman–Crippen LogP) is 1.93. The molecule has 0 spiro atoms. The van der Waals surface area contributed by atoms with Crippen molar-refractivity contribution in [1.82, 2.24) is 5.32 Å². The quantitative estimate of drug-likeness (QED) is 0.814. The number of rotatable bonds is 4. The summed E-state index contributed by atoms with van der Waals surface area (Å²) in [4.78, 5) is 14.3. The monoisotopic (exact) mass is 261 g/mol. The third kappa shape index (κ3) is 2.67. The molecular weight excluding hydrogens is 238 g/mol. The van der Waals surface area contributed by atoms with Crippen molar-refractivity contribution in [1.29, 1.82) is 0 Å². The standard InChI is InChI=1S/C15H23N3O/c1-4-10(2)17-15(19)11(3)18-9-8-12-6-5-7-13(16)14(12)18/h5-7,10-11H,4,8-9,16H2,1-3H3,(H,17,19). The van der Waals surface area contributed by atoms with Crippen molar-refractivity contribution in [3.63, 3.8) is 0 Å². The number of fused-ring (bicyclic) bond motifs is 1. The van der Waals surface area contributed by atoms with Gasteiger partial charge in [-0.15, -0.1) is 0 Å². The van der Waals surface area contributed by atoms with E-state index in [1.165, 1.54) is 5.56 Å². The molecule has 19 heavy (non-hydrogen) atoms. The van der Waals surface area contributed by atoms with Crippen molar-refractivity contribution >= 4 is 17.3 Å². The van der Waals surface area contributed by atoms with Crippen molar-refractivity contribution in [2.45, 2.75) is 45.7 Å². The number of hydrogen-bond acceptors (Lipinski definition) is 3. The number of carbonyl (C=O) groups excluding carboxylic acids is 1. The van der Waals surface area contributed by atoms with Gasteiger partial charge in [-0.2, -0.15) is 0 Å². The molecule has 1 aliphatic rings. The van der Waals surface area contributed by atoms with Crippen LogP contribution in [0.2, 0.25) is 0 Å². The highest BCUT2D eigenvalue weighted by Gasteiger charge is 2.29. The number of hydrogen-bond donors (Lipinski definition) is 2. The van der Waals surface area contributed by atoms with Crippen LogP contribution in [0, 0.1) is 0 Å². The molecule has 1 aliphatic heterocycles. The van der Waals surface area contributed by atoms with Gasteiger partial charge < -0.3 is 16.0 Å². The Morgan fingerprint density at radius 1 is 1.47 bits per heavy atom. The van der Waals surface area contributed by atoms with Gasteiger partial charge in [0, 0.05) is 12.6 Å². The lowest BCUT2D eigenvalue weighted by molar-refractivity contribution is -0.122. The first-order valence-electron chi connectivity index (χ1n) is 6.99. The van der Waals surface area contributed by atoms with Crippen LogP contribution in [0.5, 0.6) is 0 Å². The number of para-hydroxylation sites is 1. The minimum Gasteiger partial charge on any atom is -0.397 e. The number of anilines is 2. The third-order valence-corrected chi connectivity index (χ3v) is 3.91. The molecule has 104 valence electrons. The Hall–Kier alpha value is -1.71. The Morgan fingerprint density at radius 2 is 2.21 bits per heavy atom. The van der Waals surface area contributed by atoms with Crippen molar-refractivity contribution in [3.8, 4) is 0 Å². The van der Waals surface area contributed by atoms with Crippen LogP contribution >= 0.6 is 0 Å². The summed E-state index contributed by atoms with van der Waals surface area (Å²) in [5, 5.41) is 3.04. The molecule has 0 fully saturated rings. The molecular formula is C15H23N3O. The molecule has 3 N–H and O–H groups in total. The summed E-state index contributed by atoms with van der Waals surface area (Å²) in [5.41, 5.74) is 9.09. The van der Waals surface area contributed by atoms with E-state index >= 15 is 0 Å². The lowest BCUT2D eigenvalue weighted by Crippen LogP contribution is -2.47. The molecule has 2 unspecified atom stereocenters. The summed E-state index contributed by atoms with van der Waals surface area (Å²) < 4.78 is 0. The van der Waals surface area contributed by atoms with E-state index in [0.29, 0.717) is 0 Å². The first-order chi connectivity index (χ1) is 9.04. The Kier molecular flexibility index (Phi) is 3.98. The normalized spacial score (nSPS) is 16.9. The predicted molar refractivity (Wildman–Crippen MR) is 79.3 cm³/mol. The third-order valence-electron chi connectivity index (χ3n) is 3.91. The van der Waals surface area contributed by atoms with Gasteiger partial charge in [-0.1, -0.05) is 19.1 Å². The van der Waals surface area contributed by atoms with Gasteiger partial charge in [0.1, 0.15) is 6.04 Å². The first-order valence-corrected chi connectivity index (χ1v) is 6.99. The van der Waals surface area contributed by atoms with E-state index in [4.69, 9.17) is 5.73 Å². The minimum absolute atomic E-state index is 0.0745. The van der Waals surface area contributed by atoms with Crippen LogP contribution in [-0.2, 0) is 11.2 Å². The molecule has 2 atom stereocenters. The summed E-state index contributed by atoms with van der Waals surface area (Å²) in [5.74, 6) is 0.0745. The van der Waals surface area contributed by atoms with Gasteiger partial charge in [-0.05, 0) is 38.3 Å². The zero-order valence-electron chi connectivity index (χ0n) is 11.9. The van der Waals surface area contributed by atoms with Gasteiger partial charge in [0.05, 0.1) is 11.4 Å². The van der Waals surface area contributed by atoms with Gasteiger partial charge in [0.15, 0.2) is 0 Å². The lowest BCUT2D eigenvalue weighted by atomic mass is 10.1. The number of carbonyl (C=O) groups is 1. The van der Waals surface area contributed by atoms with E-state index in [1.807, 2.05) is 26.0 Å². The fourth-order valence-electron chi connectivity index (χ4n) is 2.51. The zero-order valence-corrected chi connectivity index (χ0v) is 11.9. The summed E-state index contributed by atoms with van der Waals surface area (Å²) >= 11 is 0. The highest BCUT2D eigenvalue weighted by molar-refractivity contribution is 5.88. The van der Waals surface area contributed by atoms with Crippen molar-refractivity contribution in [2.75, 3.05) is 17.2 Å². The van der Waals surface area contributed by atoms with E-state index in [0.717, 1.165) is 30.8 Å². The highest BCUT2D eigenvalue weighted by Crippen LogP contribution is 2.34. The zero-order chi connectivity index (χ0) is 14.0. The fourth-order valence-corrected chi connectivity index (χ4v) is 2.51. The molecule has 0 radical (unpaired) electrons. The first kappa shape index (κ1) is 13.7. The molecule has 2 rings (SSSR count). The lowest BCUT2D eigenvalue weighted by Gasteiger charge is -2.28. The number of amides is 1. The average Bonchev–Trinajstić information content (AvgIpc) is 2.82. The SMILES string of the molecule is CCC(C)NC(=O)C(C)N1CCc2cccc(N)c21. The van der Waals surface area contributed by atoms with Crippen LogP contribution in [0.1, 0.15) is 32.8 Å². The Balaban J connectivity index is 2.15. The second-order valence-corrected chi connectivity index (χ2v) is 5.29. The molecule has 0 saturated heterocycles. The van der Waals surface area contributed by atoms with Crippen LogP contribution in [0.4, 0.5) is 11.4 Å².